The highest BCUT2D eigenvalue weighted by Gasteiger charge is 2.51. The third-order valence-corrected chi connectivity index (χ3v) is 34.9. The van der Waals surface area contributed by atoms with Crippen LogP contribution in [-0.2, 0) is 4.79 Å². The molecule has 6 aliphatic heterocycles. The number of fused-ring (bicyclic) bond motifs is 2. The lowest BCUT2D eigenvalue weighted by Crippen LogP contribution is -2.59. The van der Waals surface area contributed by atoms with Gasteiger partial charge in [0.1, 0.15) is 34.6 Å². The second kappa shape index (κ2) is 48.0. The lowest BCUT2D eigenvalue weighted by atomic mass is 9.78. The molecule has 0 aliphatic carbocycles. The number of hydrogen-bond donors (Lipinski definition) is 5. The Labute approximate surface area is 873 Å². The van der Waals surface area contributed by atoms with E-state index in [1.54, 1.807) is 134 Å². The van der Waals surface area contributed by atoms with Gasteiger partial charge in [0, 0.05) is 161 Å². The number of carbonyl (C=O) groups excluding carboxylic acids is 7. The highest BCUT2D eigenvalue weighted by molar-refractivity contribution is 8.02. The number of rotatable bonds is 32. The van der Waals surface area contributed by atoms with E-state index in [9.17, 15) is 33.6 Å². The van der Waals surface area contributed by atoms with E-state index in [4.69, 9.17) is 18.9 Å². The fraction of sp³-hybridized carbons (Fsp3) is 0.279. The first-order valence-electron chi connectivity index (χ1n) is 45.7. The quantitative estimate of drug-likeness (QED) is 0.0193. The number of aromatic nitrogens is 6. The first-order chi connectivity index (χ1) is 69.0. The number of anilines is 6. The van der Waals surface area contributed by atoms with E-state index in [-0.39, 0.29) is 70.9 Å². The molecule has 1 spiro atoms. The number of ether oxygens (including phenoxy) is 4. The van der Waals surface area contributed by atoms with Crippen LogP contribution in [-0.4, -0.2) is 230 Å². The van der Waals surface area contributed by atoms with Gasteiger partial charge in [-0.15, -0.1) is 0 Å². The molecule has 6 aliphatic rings. The van der Waals surface area contributed by atoms with E-state index < -0.39 is 0 Å². The number of nitrogens with zero attached hydrogens (tertiary/aromatic N) is 13. The molecule has 6 fully saturated rings. The lowest BCUT2D eigenvalue weighted by molar-refractivity contribution is -0.125. The van der Waals surface area contributed by atoms with E-state index in [0.717, 1.165) is 143 Å². The molecule has 6 saturated heterocycles. The molecule has 4 aromatic carbocycles. The zero-order valence-electron chi connectivity index (χ0n) is 80.6. The number of piperazine rings is 2. The van der Waals surface area contributed by atoms with Crippen molar-refractivity contribution in [3.8, 4) is 23.0 Å². The Balaban J connectivity index is 0.000000144. The van der Waals surface area contributed by atoms with Crippen molar-refractivity contribution >= 4 is 189 Å². The average Bonchev–Trinajstić information content (AvgIpc) is 1.61. The average molecular weight is 2110 g/mol. The molecule has 39 heteroatoms. The minimum absolute atomic E-state index is 0.0104. The van der Waals surface area contributed by atoms with Gasteiger partial charge in [-0.25, -0.2) is 29.9 Å². The van der Waals surface area contributed by atoms with Crippen molar-refractivity contribution < 1.29 is 52.5 Å². The summed E-state index contributed by atoms with van der Waals surface area (Å²) in [7, 11) is 6.35. The molecule has 2 bridgehead atoms. The maximum atomic E-state index is 13.7. The number of benzene rings is 4. The maximum Gasteiger partial charge on any atom is 0.258 e. The fourth-order valence-electron chi connectivity index (χ4n) is 17.3. The second-order valence-corrected chi connectivity index (χ2v) is 45.4. The van der Waals surface area contributed by atoms with Crippen molar-refractivity contribution in [2.75, 3.05) is 122 Å². The van der Waals surface area contributed by atoms with Gasteiger partial charge in [-0.05, 0) is 203 Å². The zero-order chi connectivity index (χ0) is 101. The van der Waals surface area contributed by atoms with Crippen LogP contribution in [0.2, 0.25) is 0 Å². The van der Waals surface area contributed by atoms with E-state index >= 15 is 0 Å². The Bertz CT molecular complexity index is 6710. The van der Waals surface area contributed by atoms with Gasteiger partial charge in [0.05, 0.1) is 103 Å². The van der Waals surface area contributed by atoms with Gasteiger partial charge in [0.25, 0.3) is 35.4 Å². The Morgan fingerprint density at radius 3 is 1.26 bits per heavy atom. The molecule has 4 atom stereocenters. The van der Waals surface area contributed by atoms with E-state index in [1.165, 1.54) is 74.9 Å². The summed E-state index contributed by atoms with van der Waals surface area (Å²) in [6.45, 7) is 44.8. The highest BCUT2D eigenvalue weighted by atomic mass is 32.2. The van der Waals surface area contributed by atoms with Crippen LogP contribution < -0.4 is 45.5 Å². The van der Waals surface area contributed by atoms with Gasteiger partial charge in [0.2, 0.25) is 5.91 Å². The van der Waals surface area contributed by atoms with Gasteiger partial charge in [-0.1, -0.05) is 151 Å². The Morgan fingerprint density at radius 2 is 0.846 bits per heavy atom. The standard InChI is InChI=1S/C27H29N5O2S2.C26H29N5O2S2.C26H26N4O4S3.C25H26N4O3S3/c1-5-18(3)32-19-9-10-20(32)16-31(15-19)26(33)21-13-23(17(2)12-22(21)34-4)35-25-14-29-27(36-25)30-24-8-6-7-11-28-24;1-6-18(3)30-11-12-31(19(4)16-30)25(32)20-14-22(17(2)13-21(20)33-5)34-24-15-28-26(35-24)29-23-9-7-8-10-27-23;1-4-21(31)29-7-6-26(13-29)14-30(15-26)24(33)18-10-20(16(2)9-19(18)34-3)36-22-11-27-25(37-22)28-23(32)17-5-8-35-12-17;1-5-16(3)29-8-6-18(13-29)27-24(31)19-11-21(15(2)10-20(19)32-4)34-22-12-26-25(35-22)28-23(30)17-7-9-33-14-17/h5-8,11-14,19-20H,1,3,9-10,15-16H2,2,4H3,(H,28,29,30);6-10,13-15,19H,1,3,11-12,16H2,2,4-5H3,(H,27,28,29);4-5,8-12H,1,6-7,13-15H2,2-3H3,(H,27,28,32);5,7,9-12,14,18H,1,3,6,8,13H2,2,4H3,(H,27,31)(H,26,28,30)/t19-,20+;19-;;18-/m.0.1/s1. The molecule has 0 radical (unpaired) electrons. The fourth-order valence-corrected chi connectivity index (χ4v) is 26.3. The predicted molar refractivity (Wildman–Crippen MR) is 577 cm³/mol. The SMILES string of the molecule is C=CC(=C)N1CCN(C(=O)c2cc(Sc3cnc(Nc4ccccn4)s3)c(C)cc2OC)[C@@H](C)C1.C=CC(=C)N1CC[C@@H](NC(=O)c2cc(Sc3cnc(NC(=O)c4ccsc4)s3)c(C)cc2OC)C1.C=CC(=C)N1[C@@H]2CC[C@H]1CN(C(=O)c1cc(Sc3cnc(Nc4ccccn4)s3)c(C)cc1OC)C2.C=CC(=O)N1CCC2(C1)CN(C(=O)c1cc(Sc3cnc(NC(=O)c4ccsc4)s3)c(C)cc1OC)C2. The van der Waals surface area contributed by atoms with Crippen LogP contribution in [0, 0.1) is 33.1 Å². The maximum absolute atomic E-state index is 13.7. The molecule has 143 heavy (non-hydrogen) atoms. The van der Waals surface area contributed by atoms with Crippen molar-refractivity contribution in [2.45, 2.75) is 121 Å². The molecule has 18 rings (SSSR count). The van der Waals surface area contributed by atoms with Gasteiger partial charge >= 0.3 is 0 Å². The Hall–Kier alpha value is -12.8. The van der Waals surface area contributed by atoms with Crippen LogP contribution in [0.4, 0.5) is 32.2 Å². The number of thiazole rings is 4. The van der Waals surface area contributed by atoms with Crippen LogP contribution in [0.15, 0.2) is 280 Å². The van der Waals surface area contributed by atoms with E-state index in [1.807, 2.05) is 161 Å². The number of aryl methyl sites for hydroxylation is 4. The molecular weight excluding hydrogens is 2000 g/mol. The lowest BCUT2D eigenvalue weighted by Gasteiger charge is -2.48. The summed E-state index contributed by atoms with van der Waals surface area (Å²) >= 11 is 15.0. The number of nitrogens with one attached hydrogen (secondary N) is 5. The van der Waals surface area contributed by atoms with Gasteiger partial charge in [0.15, 0.2) is 20.5 Å². The molecule has 7 amide bonds. The van der Waals surface area contributed by atoms with Crippen LogP contribution in [0.25, 0.3) is 0 Å². The monoisotopic (exact) mass is 2110 g/mol. The van der Waals surface area contributed by atoms with Crippen molar-refractivity contribution in [3.63, 3.8) is 0 Å². The second-order valence-electron chi connectivity index (χ2n) is 34.4. The third-order valence-electron chi connectivity index (χ3n) is 24.8. The minimum Gasteiger partial charge on any atom is -0.496 e. The largest absolute Gasteiger partial charge is 0.496 e. The topological polar surface area (TPSA) is 317 Å². The summed E-state index contributed by atoms with van der Waals surface area (Å²) in [6.07, 6.45) is 21.1. The smallest absolute Gasteiger partial charge is 0.258 e. The van der Waals surface area contributed by atoms with Gasteiger partial charge < -0.3 is 69.2 Å². The zero-order valence-corrected chi connectivity index (χ0v) is 88.7. The van der Waals surface area contributed by atoms with E-state index in [2.05, 4.69) is 124 Å². The third kappa shape index (κ3) is 25.7. The van der Waals surface area contributed by atoms with Crippen molar-refractivity contribution in [3.05, 3.63) is 299 Å². The van der Waals surface area contributed by atoms with Gasteiger partial charge in [-0.2, -0.15) is 22.7 Å². The number of likely N-dealkylation sites (tertiary alicyclic amines) is 4. The molecule has 8 aromatic heterocycles. The molecule has 5 N–H and O–H groups in total. The molecule has 742 valence electrons. The van der Waals surface area contributed by atoms with Crippen molar-refractivity contribution in [2.24, 2.45) is 5.41 Å². The number of carbonyl (C=O) groups is 7. The summed E-state index contributed by atoms with van der Waals surface area (Å²) in [5, 5.41) is 25.1. The predicted octanol–water partition coefficient (Wildman–Crippen LogP) is 21.5. The van der Waals surface area contributed by atoms with Gasteiger partial charge in [-0.3, -0.25) is 44.2 Å². The summed E-state index contributed by atoms with van der Waals surface area (Å²) < 4.78 is 26.1. The minimum atomic E-state index is -0.188. The van der Waals surface area contributed by atoms with Crippen molar-refractivity contribution in [1.29, 1.82) is 0 Å². The van der Waals surface area contributed by atoms with Crippen LogP contribution in [0.5, 0.6) is 23.0 Å². The number of pyridine rings is 2. The number of allylic oxidation sites excluding steroid dienone is 3. The normalized spacial score (nSPS) is 16.3. The van der Waals surface area contributed by atoms with Crippen LogP contribution in [0.1, 0.15) is 117 Å². The molecule has 12 aromatic rings. The first kappa shape index (κ1) is 104. The van der Waals surface area contributed by atoms with E-state index in [0.29, 0.717) is 119 Å². The summed E-state index contributed by atoms with van der Waals surface area (Å²) in [4.78, 5) is 135. The molecule has 0 saturated carbocycles. The summed E-state index contributed by atoms with van der Waals surface area (Å²) in [5.41, 5.74) is 10.1. The molecule has 0 unspecified atom stereocenters. The van der Waals surface area contributed by atoms with Crippen LogP contribution >= 0.6 is 115 Å². The Kier molecular flexibility index (Phi) is 35.1. The molecule has 29 nitrogen and oxygen atoms in total. The first-order valence-corrected chi connectivity index (χ1v) is 54.1. The summed E-state index contributed by atoms with van der Waals surface area (Å²) in [5.74, 6) is 3.07. The Morgan fingerprint density at radius 1 is 0.434 bits per heavy atom. The number of thiophene rings is 2. The number of amides is 7. The molecule has 14 heterocycles. The summed E-state index contributed by atoms with van der Waals surface area (Å²) in [6, 6.07) is 30.8. The number of methoxy groups -OCH3 is 4. The van der Waals surface area contributed by atoms with Crippen LogP contribution in [0.3, 0.4) is 0 Å². The highest BCUT2D eigenvalue weighted by Crippen LogP contribution is 2.47. The molecular formula is C104H110N18O11S10. The number of hydrogen-bond acceptors (Lipinski definition) is 32. The van der Waals surface area contributed by atoms with Crippen molar-refractivity contribution in [1.82, 2.24) is 69.5 Å².